The standard InChI is InChI=1S/C25H16O2/c26-21-13-15-5-1-3-7-17(15)19-9-11-25(23(19)21)12-10-20-18-8-4-2-6-16(18)14-22(27)24(20)25/h1-14,26-27H. The van der Waals surface area contributed by atoms with E-state index in [0.717, 1.165) is 43.8 Å². The fraction of sp³-hybridized carbons (Fsp3) is 0.0400. The van der Waals surface area contributed by atoms with Gasteiger partial charge in [0.2, 0.25) is 0 Å². The average Bonchev–Trinajstić information content (AvgIpc) is 3.26. The molecular weight excluding hydrogens is 332 g/mol. The minimum atomic E-state index is -0.632. The molecule has 0 radical (unpaired) electrons. The number of allylic oxidation sites excluding steroid dienone is 2. The molecule has 0 saturated carbocycles. The molecule has 0 atom stereocenters. The van der Waals surface area contributed by atoms with Crippen molar-refractivity contribution in [3.63, 3.8) is 0 Å². The normalized spacial score (nSPS) is 15.7. The maximum Gasteiger partial charge on any atom is 0.121 e. The molecule has 2 nitrogen and oxygen atoms in total. The van der Waals surface area contributed by atoms with Crippen LogP contribution in [0.25, 0.3) is 33.7 Å². The van der Waals surface area contributed by atoms with Gasteiger partial charge in [0.1, 0.15) is 11.5 Å². The molecule has 2 N–H and O–H groups in total. The van der Waals surface area contributed by atoms with Crippen LogP contribution in [0.5, 0.6) is 11.5 Å². The SMILES string of the molecule is Oc1cc2ccccc2c2c1C1(C=C2)C=Cc2c1c(O)cc1ccccc21. The first-order valence-corrected chi connectivity index (χ1v) is 9.08. The smallest absolute Gasteiger partial charge is 0.121 e. The van der Waals surface area contributed by atoms with E-state index >= 15 is 0 Å². The van der Waals surface area contributed by atoms with Crippen molar-refractivity contribution in [3.05, 3.63) is 95.1 Å². The molecular formula is C25H16O2. The number of hydrogen-bond donors (Lipinski definition) is 2. The van der Waals surface area contributed by atoms with E-state index in [0.29, 0.717) is 0 Å². The zero-order valence-electron chi connectivity index (χ0n) is 14.5. The van der Waals surface area contributed by atoms with Crippen molar-refractivity contribution >= 4 is 33.7 Å². The van der Waals surface area contributed by atoms with Crippen molar-refractivity contribution in [2.45, 2.75) is 5.41 Å². The van der Waals surface area contributed by atoms with Crippen molar-refractivity contribution in [1.82, 2.24) is 0 Å². The van der Waals surface area contributed by atoms with E-state index in [1.807, 2.05) is 48.5 Å². The van der Waals surface area contributed by atoms with Gasteiger partial charge in [0, 0.05) is 11.1 Å². The van der Waals surface area contributed by atoms with Gasteiger partial charge in [-0.2, -0.15) is 0 Å². The first-order valence-electron chi connectivity index (χ1n) is 9.08. The molecule has 0 bridgehead atoms. The Morgan fingerprint density at radius 2 is 1.04 bits per heavy atom. The lowest BCUT2D eigenvalue weighted by molar-refractivity contribution is 0.454. The Bertz CT molecular complexity index is 1240. The highest BCUT2D eigenvalue weighted by atomic mass is 16.3. The van der Waals surface area contributed by atoms with Gasteiger partial charge in [-0.25, -0.2) is 0 Å². The second kappa shape index (κ2) is 4.80. The molecule has 0 saturated heterocycles. The second-order valence-electron chi connectivity index (χ2n) is 7.35. The molecule has 2 heteroatoms. The van der Waals surface area contributed by atoms with Crippen molar-refractivity contribution in [1.29, 1.82) is 0 Å². The van der Waals surface area contributed by atoms with Gasteiger partial charge < -0.3 is 10.2 Å². The van der Waals surface area contributed by atoms with Crippen LogP contribution >= 0.6 is 0 Å². The summed E-state index contributed by atoms with van der Waals surface area (Å²) in [6.45, 7) is 0. The van der Waals surface area contributed by atoms with Gasteiger partial charge in [-0.15, -0.1) is 0 Å². The van der Waals surface area contributed by atoms with Gasteiger partial charge in [0.15, 0.2) is 0 Å². The zero-order chi connectivity index (χ0) is 18.2. The number of phenols is 2. The fourth-order valence-corrected chi connectivity index (χ4v) is 4.88. The molecule has 1 spiro atoms. The molecule has 0 unspecified atom stereocenters. The van der Waals surface area contributed by atoms with Crippen molar-refractivity contribution < 1.29 is 10.2 Å². The van der Waals surface area contributed by atoms with E-state index in [-0.39, 0.29) is 11.5 Å². The monoisotopic (exact) mass is 348 g/mol. The Morgan fingerprint density at radius 3 is 1.52 bits per heavy atom. The summed E-state index contributed by atoms with van der Waals surface area (Å²) in [7, 11) is 0. The summed E-state index contributed by atoms with van der Waals surface area (Å²) in [5.74, 6) is 0.525. The average molecular weight is 348 g/mol. The number of hydrogen-bond acceptors (Lipinski definition) is 2. The van der Waals surface area contributed by atoms with Crippen LogP contribution in [0.3, 0.4) is 0 Å². The summed E-state index contributed by atoms with van der Waals surface area (Å²) in [5, 5.41) is 26.1. The van der Waals surface area contributed by atoms with Crippen LogP contribution in [0.4, 0.5) is 0 Å². The summed E-state index contributed by atoms with van der Waals surface area (Å²) in [5.41, 5.74) is 3.11. The molecule has 27 heavy (non-hydrogen) atoms. The molecule has 4 aromatic rings. The van der Waals surface area contributed by atoms with E-state index in [2.05, 4.69) is 36.4 Å². The van der Waals surface area contributed by atoms with Crippen LogP contribution in [-0.2, 0) is 5.41 Å². The van der Waals surface area contributed by atoms with Crippen LogP contribution in [0, 0.1) is 0 Å². The number of benzene rings is 4. The molecule has 0 amide bonds. The van der Waals surface area contributed by atoms with Gasteiger partial charge in [0.25, 0.3) is 0 Å². The van der Waals surface area contributed by atoms with Crippen LogP contribution in [-0.4, -0.2) is 10.2 Å². The van der Waals surface area contributed by atoms with E-state index in [1.165, 1.54) is 0 Å². The van der Waals surface area contributed by atoms with Crippen LogP contribution in [0.2, 0.25) is 0 Å². The third-order valence-electron chi connectivity index (χ3n) is 5.99. The minimum Gasteiger partial charge on any atom is -0.508 e. The highest BCUT2D eigenvalue weighted by molar-refractivity contribution is 6.02. The minimum absolute atomic E-state index is 0.263. The Labute approximate surface area is 156 Å². The third kappa shape index (κ3) is 1.70. The molecule has 2 aliphatic carbocycles. The lowest BCUT2D eigenvalue weighted by Gasteiger charge is -2.26. The van der Waals surface area contributed by atoms with E-state index in [1.54, 1.807) is 0 Å². The lowest BCUT2D eigenvalue weighted by atomic mass is 9.76. The molecule has 4 aromatic carbocycles. The number of phenolic OH excluding ortho intramolecular Hbond substituents is 2. The van der Waals surface area contributed by atoms with Gasteiger partial charge >= 0.3 is 0 Å². The molecule has 0 fully saturated rings. The molecule has 6 rings (SSSR count). The van der Waals surface area contributed by atoms with E-state index in [9.17, 15) is 10.2 Å². The summed E-state index contributed by atoms with van der Waals surface area (Å²) >= 11 is 0. The number of rotatable bonds is 0. The lowest BCUT2D eigenvalue weighted by Crippen LogP contribution is -2.19. The predicted molar refractivity (Wildman–Crippen MR) is 110 cm³/mol. The largest absolute Gasteiger partial charge is 0.508 e. The second-order valence-corrected chi connectivity index (χ2v) is 7.35. The van der Waals surface area contributed by atoms with E-state index < -0.39 is 5.41 Å². The van der Waals surface area contributed by atoms with Gasteiger partial charge in [-0.1, -0.05) is 72.8 Å². The number of fused-ring (bicyclic) bond motifs is 8. The van der Waals surface area contributed by atoms with Gasteiger partial charge in [-0.05, 0) is 44.8 Å². The van der Waals surface area contributed by atoms with Crippen LogP contribution in [0.1, 0.15) is 22.3 Å². The summed E-state index contributed by atoms with van der Waals surface area (Å²) in [4.78, 5) is 0. The first kappa shape index (κ1) is 14.6. The van der Waals surface area contributed by atoms with E-state index in [4.69, 9.17) is 0 Å². The van der Waals surface area contributed by atoms with Crippen molar-refractivity contribution in [2.75, 3.05) is 0 Å². The number of aromatic hydroxyl groups is 2. The maximum absolute atomic E-state index is 10.9. The first-order chi connectivity index (χ1) is 13.2. The third-order valence-corrected chi connectivity index (χ3v) is 5.99. The quantitative estimate of drug-likeness (QED) is 0.425. The molecule has 0 aromatic heterocycles. The molecule has 0 heterocycles. The van der Waals surface area contributed by atoms with Gasteiger partial charge in [0.05, 0.1) is 5.41 Å². The fourth-order valence-electron chi connectivity index (χ4n) is 4.88. The zero-order valence-corrected chi connectivity index (χ0v) is 14.5. The maximum atomic E-state index is 10.9. The Morgan fingerprint density at radius 1 is 0.593 bits per heavy atom. The summed E-state index contributed by atoms with van der Waals surface area (Å²) < 4.78 is 0. The molecule has 128 valence electrons. The van der Waals surface area contributed by atoms with Crippen LogP contribution in [0.15, 0.2) is 72.8 Å². The Hall–Kier alpha value is -3.52. The Balaban J connectivity index is 1.74. The predicted octanol–water partition coefficient (Wildman–Crippen LogP) is 5.74. The topological polar surface area (TPSA) is 40.5 Å². The van der Waals surface area contributed by atoms with Crippen molar-refractivity contribution in [3.8, 4) is 11.5 Å². The summed E-state index contributed by atoms with van der Waals surface area (Å²) in [6.07, 6.45) is 8.35. The van der Waals surface area contributed by atoms with Gasteiger partial charge in [-0.3, -0.25) is 0 Å². The summed E-state index contributed by atoms with van der Waals surface area (Å²) in [6, 6.07) is 19.8. The van der Waals surface area contributed by atoms with Crippen molar-refractivity contribution in [2.24, 2.45) is 0 Å². The highest BCUT2D eigenvalue weighted by Crippen LogP contribution is 2.56. The molecule has 0 aliphatic heterocycles. The Kier molecular flexibility index (Phi) is 2.60. The molecule has 2 aliphatic rings. The highest BCUT2D eigenvalue weighted by Gasteiger charge is 2.43. The van der Waals surface area contributed by atoms with Crippen LogP contribution < -0.4 is 0 Å².